The van der Waals surface area contributed by atoms with Crippen LogP contribution in [0.5, 0.6) is 0 Å². The second-order valence-electron chi connectivity index (χ2n) is 7.54. The predicted octanol–water partition coefficient (Wildman–Crippen LogP) is 5.03. The van der Waals surface area contributed by atoms with Crippen LogP contribution in [-0.4, -0.2) is 18.0 Å². The number of rotatable bonds is 7. The molecule has 0 fully saturated rings. The molecule has 0 rings (SSSR count). The summed E-state index contributed by atoms with van der Waals surface area (Å²) in [4.78, 5) is 0. The smallest absolute Gasteiger partial charge is 0.268 e. The second-order valence-corrected chi connectivity index (χ2v) is 7.54. The SMILES string of the molecule is CC(C)C(F)(F)/C=C/CCC(C)(C)CNC(C)(C)C. The van der Waals surface area contributed by atoms with Crippen LogP contribution in [0.4, 0.5) is 8.78 Å². The minimum Gasteiger partial charge on any atom is -0.312 e. The highest BCUT2D eigenvalue weighted by Crippen LogP contribution is 2.27. The van der Waals surface area contributed by atoms with E-state index in [0.29, 0.717) is 6.42 Å². The molecule has 1 N–H and O–H groups in total. The molecule has 0 radical (unpaired) electrons. The Kier molecular flexibility index (Phi) is 6.67. The first kappa shape index (κ1) is 18.6. The van der Waals surface area contributed by atoms with E-state index in [-0.39, 0.29) is 11.0 Å². The van der Waals surface area contributed by atoms with E-state index < -0.39 is 11.8 Å². The Labute approximate surface area is 117 Å². The van der Waals surface area contributed by atoms with E-state index >= 15 is 0 Å². The Morgan fingerprint density at radius 2 is 1.58 bits per heavy atom. The molecule has 0 saturated heterocycles. The van der Waals surface area contributed by atoms with Gasteiger partial charge in [-0.3, -0.25) is 0 Å². The van der Waals surface area contributed by atoms with E-state index in [2.05, 4.69) is 39.9 Å². The number of alkyl halides is 2. The maximum Gasteiger partial charge on any atom is 0.268 e. The summed E-state index contributed by atoms with van der Waals surface area (Å²) in [5.41, 5.74) is 0.211. The van der Waals surface area contributed by atoms with Crippen LogP contribution < -0.4 is 5.32 Å². The van der Waals surface area contributed by atoms with Crippen molar-refractivity contribution in [2.24, 2.45) is 11.3 Å². The van der Waals surface area contributed by atoms with Crippen molar-refractivity contribution >= 4 is 0 Å². The zero-order valence-corrected chi connectivity index (χ0v) is 13.6. The van der Waals surface area contributed by atoms with Crippen LogP contribution in [0.1, 0.15) is 61.3 Å². The lowest BCUT2D eigenvalue weighted by atomic mass is 9.86. The molecular formula is C16H31F2N. The summed E-state index contributed by atoms with van der Waals surface area (Å²) < 4.78 is 26.7. The lowest BCUT2D eigenvalue weighted by Gasteiger charge is -2.30. The van der Waals surface area contributed by atoms with Gasteiger partial charge >= 0.3 is 0 Å². The molecule has 0 saturated carbocycles. The molecular weight excluding hydrogens is 244 g/mol. The summed E-state index contributed by atoms with van der Waals surface area (Å²) in [5.74, 6) is -3.33. The van der Waals surface area contributed by atoms with E-state index in [4.69, 9.17) is 0 Å². The molecule has 0 aromatic rings. The topological polar surface area (TPSA) is 12.0 Å². The van der Waals surface area contributed by atoms with E-state index in [9.17, 15) is 8.78 Å². The van der Waals surface area contributed by atoms with Gasteiger partial charge in [0.1, 0.15) is 0 Å². The summed E-state index contributed by atoms with van der Waals surface area (Å²) in [6.45, 7) is 14.7. The van der Waals surface area contributed by atoms with Crippen LogP contribution in [0.2, 0.25) is 0 Å². The Balaban J connectivity index is 4.15. The van der Waals surface area contributed by atoms with E-state index in [1.807, 2.05) is 0 Å². The minimum absolute atomic E-state index is 0.0950. The van der Waals surface area contributed by atoms with Crippen molar-refractivity contribution in [1.29, 1.82) is 0 Å². The molecule has 0 bridgehead atoms. The average Bonchev–Trinajstić information content (AvgIpc) is 2.21. The molecule has 0 heterocycles. The van der Waals surface area contributed by atoms with Crippen LogP contribution in [0.15, 0.2) is 12.2 Å². The van der Waals surface area contributed by atoms with Crippen molar-refractivity contribution in [3.63, 3.8) is 0 Å². The van der Waals surface area contributed by atoms with Crippen molar-refractivity contribution in [2.45, 2.75) is 72.8 Å². The first-order valence-corrected chi connectivity index (χ1v) is 7.16. The Bertz CT molecular complexity index is 286. The molecule has 0 aromatic carbocycles. The van der Waals surface area contributed by atoms with Crippen LogP contribution in [-0.2, 0) is 0 Å². The fourth-order valence-corrected chi connectivity index (χ4v) is 1.50. The Morgan fingerprint density at radius 3 is 2.00 bits per heavy atom. The zero-order valence-electron chi connectivity index (χ0n) is 13.6. The summed E-state index contributed by atoms with van der Waals surface area (Å²) in [7, 11) is 0. The number of allylic oxidation sites excluding steroid dienone is 2. The van der Waals surface area contributed by atoms with Gasteiger partial charge in [-0.15, -0.1) is 0 Å². The fourth-order valence-electron chi connectivity index (χ4n) is 1.50. The third kappa shape index (κ3) is 9.15. The van der Waals surface area contributed by atoms with Crippen molar-refractivity contribution in [2.75, 3.05) is 6.54 Å². The van der Waals surface area contributed by atoms with Crippen LogP contribution in [0.25, 0.3) is 0 Å². The van der Waals surface area contributed by atoms with Gasteiger partial charge in [-0.1, -0.05) is 33.8 Å². The van der Waals surface area contributed by atoms with Crippen molar-refractivity contribution < 1.29 is 8.78 Å². The standard InChI is InChI=1S/C16H31F2N/c1-13(2)16(17,18)11-9-8-10-15(6,7)12-19-14(3,4)5/h9,11,13,19H,8,10,12H2,1-7H3/b11-9+. The monoisotopic (exact) mass is 275 g/mol. The highest BCUT2D eigenvalue weighted by molar-refractivity contribution is 4.97. The van der Waals surface area contributed by atoms with Gasteiger partial charge < -0.3 is 5.32 Å². The first-order chi connectivity index (χ1) is 8.36. The van der Waals surface area contributed by atoms with Gasteiger partial charge in [-0.2, -0.15) is 0 Å². The molecule has 0 spiro atoms. The fraction of sp³-hybridized carbons (Fsp3) is 0.875. The molecule has 114 valence electrons. The molecule has 0 aliphatic heterocycles. The molecule has 0 amide bonds. The van der Waals surface area contributed by atoms with Gasteiger partial charge in [0.05, 0.1) is 0 Å². The van der Waals surface area contributed by atoms with Gasteiger partial charge in [0, 0.05) is 18.0 Å². The van der Waals surface area contributed by atoms with E-state index in [1.165, 1.54) is 0 Å². The lowest BCUT2D eigenvalue weighted by Crippen LogP contribution is -2.41. The zero-order chi connectivity index (χ0) is 15.3. The van der Waals surface area contributed by atoms with E-state index in [0.717, 1.165) is 19.0 Å². The molecule has 0 aliphatic rings. The summed E-state index contributed by atoms with van der Waals surface area (Å²) >= 11 is 0. The van der Waals surface area contributed by atoms with Gasteiger partial charge in [-0.25, -0.2) is 8.78 Å². The van der Waals surface area contributed by atoms with Crippen LogP contribution >= 0.6 is 0 Å². The Hall–Kier alpha value is -0.440. The van der Waals surface area contributed by atoms with Crippen LogP contribution in [0.3, 0.4) is 0 Å². The molecule has 0 atom stereocenters. The first-order valence-electron chi connectivity index (χ1n) is 7.16. The molecule has 0 aliphatic carbocycles. The molecule has 0 aromatic heterocycles. The molecule has 19 heavy (non-hydrogen) atoms. The third-order valence-corrected chi connectivity index (χ3v) is 3.19. The molecule has 1 nitrogen and oxygen atoms in total. The van der Waals surface area contributed by atoms with Gasteiger partial charge in [-0.05, 0) is 45.1 Å². The van der Waals surface area contributed by atoms with Crippen molar-refractivity contribution in [1.82, 2.24) is 5.32 Å². The summed E-state index contributed by atoms with van der Waals surface area (Å²) in [5, 5.41) is 3.47. The predicted molar refractivity (Wildman–Crippen MR) is 79.7 cm³/mol. The van der Waals surface area contributed by atoms with Gasteiger partial charge in [0.2, 0.25) is 0 Å². The van der Waals surface area contributed by atoms with Crippen molar-refractivity contribution in [3.05, 3.63) is 12.2 Å². The number of hydrogen-bond acceptors (Lipinski definition) is 1. The highest BCUT2D eigenvalue weighted by Gasteiger charge is 2.29. The van der Waals surface area contributed by atoms with Gasteiger partial charge in [0.15, 0.2) is 0 Å². The number of nitrogens with one attached hydrogen (secondary N) is 1. The number of halogens is 2. The second kappa shape index (κ2) is 6.83. The minimum atomic E-state index is -2.69. The van der Waals surface area contributed by atoms with E-state index in [1.54, 1.807) is 19.9 Å². The maximum atomic E-state index is 13.4. The normalized spacial score (nSPS) is 14.6. The summed E-state index contributed by atoms with van der Waals surface area (Å²) in [6.07, 6.45) is 4.28. The average molecular weight is 275 g/mol. The largest absolute Gasteiger partial charge is 0.312 e. The van der Waals surface area contributed by atoms with Crippen LogP contribution in [0, 0.1) is 11.3 Å². The van der Waals surface area contributed by atoms with Crippen molar-refractivity contribution in [3.8, 4) is 0 Å². The molecule has 0 unspecified atom stereocenters. The molecule has 3 heteroatoms. The third-order valence-electron chi connectivity index (χ3n) is 3.19. The quantitative estimate of drug-likeness (QED) is 0.643. The highest BCUT2D eigenvalue weighted by atomic mass is 19.3. The maximum absolute atomic E-state index is 13.4. The summed E-state index contributed by atoms with van der Waals surface area (Å²) in [6, 6.07) is 0. The van der Waals surface area contributed by atoms with Gasteiger partial charge in [0.25, 0.3) is 5.92 Å². The Morgan fingerprint density at radius 1 is 1.05 bits per heavy atom. The number of hydrogen-bond donors (Lipinski definition) is 1. The lowest BCUT2D eigenvalue weighted by molar-refractivity contribution is 0.00597.